The molecule has 0 aromatic heterocycles. The topological polar surface area (TPSA) is 47.7 Å². The quantitative estimate of drug-likeness (QED) is 0.468. The van der Waals surface area contributed by atoms with Crippen molar-refractivity contribution in [1.29, 1.82) is 0 Å². The minimum absolute atomic E-state index is 0.350. The number of rotatable bonds is 4. The zero-order valence-electron chi connectivity index (χ0n) is 10.1. The molecule has 0 saturated carbocycles. The molecule has 0 atom stereocenters. The SMILES string of the molecule is COc1ccc(CN=[N+]([O-])c2ccccc2)cc1. The number of nitrogens with zero attached hydrogens (tertiary/aromatic N) is 2. The molecule has 2 rings (SSSR count). The lowest BCUT2D eigenvalue weighted by atomic mass is 10.2. The van der Waals surface area contributed by atoms with Crippen LogP contribution < -0.4 is 4.74 Å². The van der Waals surface area contributed by atoms with E-state index in [1.54, 1.807) is 19.2 Å². The van der Waals surface area contributed by atoms with Crippen LogP contribution in [-0.4, -0.2) is 12.0 Å². The largest absolute Gasteiger partial charge is 0.594 e. The standard InChI is InChI=1S/C14H14N2O2/c1-18-14-9-7-12(8-10-14)11-15-16(17)13-5-3-2-4-6-13/h2-10H,11H2,1H3. The van der Waals surface area contributed by atoms with Crippen LogP contribution in [0.5, 0.6) is 5.75 Å². The molecule has 4 heteroatoms. The summed E-state index contributed by atoms with van der Waals surface area (Å²) in [6.07, 6.45) is 0. The Morgan fingerprint density at radius 2 is 1.72 bits per heavy atom. The van der Waals surface area contributed by atoms with E-state index in [2.05, 4.69) is 5.11 Å². The van der Waals surface area contributed by atoms with Gasteiger partial charge in [-0.3, -0.25) is 0 Å². The summed E-state index contributed by atoms with van der Waals surface area (Å²) in [4.78, 5) is 0.643. The highest BCUT2D eigenvalue weighted by Crippen LogP contribution is 2.14. The van der Waals surface area contributed by atoms with Crippen molar-refractivity contribution in [2.24, 2.45) is 5.11 Å². The Bertz CT molecular complexity index is 521. The first-order chi connectivity index (χ1) is 8.79. The highest BCUT2D eigenvalue weighted by molar-refractivity contribution is 5.28. The Hall–Kier alpha value is -2.36. The monoisotopic (exact) mass is 242 g/mol. The van der Waals surface area contributed by atoms with Crippen LogP contribution in [0.2, 0.25) is 0 Å². The lowest BCUT2D eigenvalue weighted by Crippen LogP contribution is -1.93. The number of methoxy groups -OCH3 is 1. The van der Waals surface area contributed by atoms with E-state index in [1.165, 1.54) is 0 Å². The van der Waals surface area contributed by atoms with Gasteiger partial charge in [-0.05, 0) is 22.8 Å². The molecule has 0 spiro atoms. The first kappa shape index (κ1) is 12.1. The molecule has 0 aliphatic heterocycles. The third kappa shape index (κ3) is 3.07. The van der Waals surface area contributed by atoms with Gasteiger partial charge in [0.05, 0.1) is 7.11 Å². The second kappa shape index (κ2) is 5.82. The molecule has 0 heterocycles. The summed E-state index contributed by atoms with van der Waals surface area (Å²) in [7, 11) is 1.62. The third-order valence-electron chi connectivity index (χ3n) is 2.52. The van der Waals surface area contributed by atoms with Crippen LogP contribution in [0, 0.1) is 5.21 Å². The normalized spacial score (nSPS) is 11.3. The molecule has 0 radical (unpaired) electrons. The second-order valence-electron chi connectivity index (χ2n) is 3.76. The van der Waals surface area contributed by atoms with Gasteiger partial charge in [-0.2, -0.15) is 0 Å². The minimum atomic E-state index is 0.350. The van der Waals surface area contributed by atoms with Gasteiger partial charge in [-0.25, -0.2) is 0 Å². The Morgan fingerprint density at radius 1 is 1.06 bits per heavy atom. The fourth-order valence-electron chi connectivity index (χ4n) is 1.51. The summed E-state index contributed by atoms with van der Waals surface area (Å²) in [5.74, 6) is 0.792. The smallest absolute Gasteiger partial charge is 0.244 e. The van der Waals surface area contributed by atoms with Crippen LogP contribution in [0.15, 0.2) is 59.7 Å². The van der Waals surface area contributed by atoms with E-state index in [9.17, 15) is 5.21 Å². The maximum Gasteiger partial charge on any atom is 0.244 e. The molecule has 0 saturated heterocycles. The molecule has 0 unspecified atom stereocenters. The molecule has 18 heavy (non-hydrogen) atoms. The molecule has 2 aromatic carbocycles. The number of hydrogen-bond acceptors (Lipinski definition) is 3. The van der Waals surface area contributed by atoms with Gasteiger partial charge in [0.15, 0.2) is 0 Å². The van der Waals surface area contributed by atoms with Crippen LogP contribution in [0.3, 0.4) is 0 Å². The number of hydrogen-bond donors (Lipinski definition) is 0. The van der Waals surface area contributed by atoms with Gasteiger partial charge in [0.25, 0.3) is 0 Å². The first-order valence-electron chi connectivity index (χ1n) is 5.62. The highest BCUT2D eigenvalue weighted by Gasteiger charge is 2.01. The average Bonchev–Trinajstić information content (AvgIpc) is 2.46. The number of ether oxygens (including phenoxy) is 1. The summed E-state index contributed by atoms with van der Waals surface area (Å²) in [5.41, 5.74) is 1.50. The first-order valence-corrected chi connectivity index (χ1v) is 5.62. The lowest BCUT2D eigenvalue weighted by Gasteiger charge is -2.01. The van der Waals surface area contributed by atoms with Gasteiger partial charge < -0.3 is 9.94 Å². The van der Waals surface area contributed by atoms with Crippen molar-refractivity contribution in [3.63, 3.8) is 0 Å². The van der Waals surface area contributed by atoms with Crippen molar-refractivity contribution < 1.29 is 9.60 Å². The van der Waals surface area contributed by atoms with Crippen LogP contribution in [-0.2, 0) is 6.54 Å². The molecule has 0 aliphatic carbocycles. The summed E-state index contributed by atoms with van der Waals surface area (Å²) in [6.45, 7) is 0.350. The Labute approximate surface area is 106 Å². The van der Waals surface area contributed by atoms with E-state index >= 15 is 0 Å². The maximum atomic E-state index is 11.7. The van der Waals surface area contributed by atoms with E-state index in [4.69, 9.17) is 4.74 Å². The molecule has 0 bridgehead atoms. The Morgan fingerprint density at radius 3 is 2.33 bits per heavy atom. The number of benzene rings is 2. The number of azo groups is 1. The van der Waals surface area contributed by atoms with E-state index in [0.717, 1.165) is 11.3 Å². The minimum Gasteiger partial charge on any atom is -0.594 e. The fraction of sp³-hybridized carbons (Fsp3) is 0.143. The second-order valence-corrected chi connectivity index (χ2v) is 3.76. The molecule has 0 N–H and O–H groups in total. The zero-order valence-corrected chi connectivity index (χ0v) is 10.1. The molecule has 0 amide bonds. The van der Waals surface area contributed by atoms with Gasteiger partial charge in [-0.1, -0.05) is 35.2 Å². The molecule has 0 aliphatic rings. The van der Waals surface area contributed by atoms with Crippen LogP contribution in [0.4, 0.5) is 5.69 Å². The molecular weight excluding hydrogens is 228 g/mol. The van der Waals surface area contributed by atoms with Gasteiger partial charge in [0.2, 0.25) is 5.69 Å². The van der Waals surface area contributed by atoms with Crippen molar-refractivity contribution in [1.82, 2.24) is 0 Å². The third-order valence-corrected chi connectivity index (χ3v) is 2.52. The van der Waals surface area contributed by atoms with Gasteiger partial charge in [0, 0.05) is 12.1 Å². The highest BCUT2D eigenvalue weighted by atomic mass is 16.5. The molecule has 0 fully saturated rings. The summed E-state index contributed by atoms with van der Waals surface area (Å²) >= 11 is 0. The summed E-state index contributed by atoms with van der Waals surface area (Å²) in [6, 6.07) is 16.4. The van der Waals surface area contributed by atoms with E-state index in [1.807, 2.05) is 42.5 Å². The lowest BCUT2D eigenvalue weighted by molar-refractivity contribution is -0.443. The van der Waals surface area contributed by atoms with Crippen LogP contribution in [0.1, 0.15) is 5.56 Å². The Kier molecular flexibility index (Phi) is 3.91. The molecule has 92 valence electrons. The summed E-state index contributed by atoms with van der Waals surface area (Å²) in [5, 5.41) is 15.6. The van der Waals surface area contributed by atoms with Gasteiger partial charge >= 0.3 is 0 Å². The van der Waals surface area contributed by atoms with Crippen molar-refractivity contribution in [3.8, 4) is 5.75 Å². The number of para-hydroxylation sites is 1. The van der Waals surface area contributed by atoms with Crippen molar-refractivity contribution in [2.45, 2.75) is 6.54 Å². The fourth-order valence-corrected chi connectivity index (χ4v) is 1.51. The molecule has 2 aromatic rings. The Balaban J connectivity index is 2.05. The molecular formula is C14H14N2O2. The average molecular weight is 242 g/mol. The van der Waals surface area contributed by atoms with E-state index in [0.29, 0.717) is 17.1 Å². The van der Waals surface area contributed by atoms with Crippen LogP contribution >= 0.6 is 0 Å². The zero-order chi connectivity index (χ0) is 12.8. The predicted molar refractivity (Wildman–Crippen MR) is 68.9 cm³/mol. The summed E-state index contributed by atoms with van der Waals surface area (Å²) < 4.78 is 5.06. The van der Waals surface area contributed by atoms with E-state index in [-0.39, 0.29) is 0 Å². The molecule has 4 nitrogen and oxygen atoms in total. The maximum absolute atomic E-state index is 11.7. The van der Waals surface area contributed by atoms with Gasteiger partial charge in [0.1, 0.15) is 12.3 Å². The van der Waals surface area contributed by atoms with E-state index < -0.39 is 0 Å². The van der Waals surface area contributed by atoms with Crippen molar-refractivity contribution in [3.05, 3.63) is 65.4 Å². The van der Waals surface area contributed by atoms with Crippen LogP contribution in [0.25, 0.3) is 0 Å². The van der Waals surface area contributed by atoms with Crippen molar-refractivity contribution >= 4 is 5.69 Å². The predicted octanol–water partition coefficient (Wildman–Crippen LogP) is 3.49. The van der Waals surface area contributed by atoms with Crippen molar-refractivity contribution in [2.75, 3.05) is 7.11 Å². The van der Waals surface area contributed by atoms with Gasteiger partial charge in [-0.15, -0.1) is 0 Å².